The monoisotopic (exact) mass is 676 g/mol. The molecule has 0 saturated carbocycles. The molecule has 50 heavy (non-hydrogen) atoms. The highest BCUT2D eigenvalue weighted by Crippen LogP contribution is 2.39. The van der Waals surface area contributed by atoms with Crippen LogP contribution >= 0.6 is 0 Å². The van der Waals surface area contributed by atoms with Gasteiger partial charge in [-0.25, -0.2) is 9.67 Å². The Kier molecular flexibility index (Phi) is 10.3. The fourth-order valence-corrected chi connectivity index (χ4v) is 6.66. The highest BCUT2D eigenvalue weighted by molar-refractivity contribution is 5.91. The van der Waals surface area contributed by atoms with Crippen molar-refractivity contribution in [3.8, 4) is 11.4 Å². The molecule has 3 N–H and O–H groups in total. The van der Waals surface area contributed by atoms with E-state index < -0.39 is 0 Å². The zero-order valence-corrected chi connectivity index (χ0v) is 30.6. The molecule has 2 atom stereocenters. The number of likely N-dealkylation sites (tertiary alicyclic amines) is 1. The number of pyridine rings is 1. The van der Waals surface area contributed by atoms with Gasteiger partial charge in [-0.1, -0.05) is 62.7 Å². The zero-order chi connectivity index (χ0) is 35.5. The number of hydrogen-bond acceptors (Lipinski definition) is 8. The zero-order valence-electron chi connectivity index (χ0n) is 30.6. The molecule has 1 amide bonds. The Morgan fingerprint density at radius 1 is 0.960 bits per heavy atom. The highest BCUT2D eigenvalue weighted by Gasteiger charge is 2.32. The van der Waals surface area contributed by atoms with Crippen LogP contribution in [0.2, 0.25) is 0 Å². The first-order valence-electron chi connectivity index (χ1n) is 17.9. The SMILES string of the molecule is C/C(=N\Nc1ccc(OC2CCC(NC(=O)CNc3cc(C(C)(C)C)nn3-c3ccc(C)cc3)c3ccccc32)cn1)C(C)(C)N1CCCC1. The molecule has 4 aromatic rings. The van der Waals surface area contributed by atoms with E-state index in [0.29, 0.717) is 11.6 Å². The van der Waals surface area contributed by atoms with Crippen molar-refractivity contribution in [1.82, 2.24) is 25.0 Å². The average Bonchev–Trinajstić information content (AvgIpc) is 3.80. The van der Waals surface area contributed by atoms with Crippen LogP contribution in [0.15, 0.2) is 78.0 Å². The molecular formula is C40H52N8O2. The van der Waals surface area contributed by atoms with Crippen molar-refractivity contribution in [3.63, 3.8) is 0 Å². The maximum atomic E-state index is 13.4. The minimum absolute atomic E-state index is 0.0767. The van der Waals surface area contributed by atoms with E-state index in [2.05, 4.69) is 104 Å². The van der Waals surface area contributed by atoms with Crippen LogP contribution in [0, 0.1) is 6.92 Å². The van der Waals surface area contributed by atoms with Crippen LogP contribution in [0.1, 0.15) is 102 Å². The topological polar surface area (TPSA) is 109 Å². The van der Waals surface area contributed by atoms with Crippen LogP contribution in [-0.4, -0.2) is 56.5 Å². The summed E-state index contributed by atoms with van der Waals surface area (Å²) in [5.41, 5.74) is 9.17. The highest BCUT2D eigenvalue weighted by atomic mass is 16.5. The van der Waals surface area contributed by atoms with Crippen LogP contribution in [0.3, 0.4) is 0 Å². The third-order valence-electron chi connectivity index (χ3n) is 10.1. The molecule has 1 fully saturated rings. The molecule has 10 heteroatoms. The van der Waals surface area contributed by atoms with Crippen molar-refractivity contribution >= 4 is 23.3 Å². The van der Waals surface area contributed by atoms with Gasteiger partial charge in [0.15, 0.2) is 0 Å². The summed E-state index contributed by atoms with van der Waals surface area (Å²) in [5.74, 6) is 2.08. The third kappa shape index (κ3) is 8.02. The molecule has 2 unspecified atom stereocenters. The molecule has 0 radical (unpaired) electrons. The number of aromatic nitrogens is 3. The van der Waals surface area contributed by atoms with Gasteiger partial charge < -0.3 is 15.4 Å². The predicted octanol–water partition coefficient (Wildman–Crippen LogP) is 7.72. The van der Waals surface area contributed by atoms with Gasteiger partial charge in [0, 0.05) is 11.5 Å². The number of hydrogen-bond donors (Lipinski definition) is 3. The Morgan fingerprint density at radius 3 is 2.36 bits per heavy atom. The number of aryl methyl sites for hydroxylation is 1. The van der Waals surface area contributed by atoms with Crippen LogP contribution in [0.25, 0.3) is 5.69 Å². The molecule has 10 nitrogen and oxygen atoms in total. The second-order valence-electron chi connectivity index (χ2n) is 15.1. The number of ether oxygens (including phenoxy) is 1. The molecular weight excluding hydrogens is 624 g/mol. The van der Waals surface area contributed by atoms with Gasteiger partial charge in [-0.3, -0.25) is 15.1 Å². The number of hydrazone groups is 1. The summed E-state index contributed by atoms with van der Waals surface area (Å²) in [7, 11) is 0. The minimum Gasteiger partial charge on any atom is -0.484 e. The van der Waals surface area contributed by atoms with E-state index >= 15 is 0 Å². The van der Waals surface area contributed by atoms with Crippen molar-refractivity contribution in [2.75, 3.05) is 30.4 Å². The summed E-state index contributed by atoms with van der Waals surface area (Å²) in [4.78, 5) is 20.4. The predicted molar refractivity (Wildman–Crippen MR) is 201 cm³/mol. The second-order valence-corrected chi connectivity index (χ2v) is 15.1. The Balaban J connectivity index is 1.07. The number of benzene rings is 2. The first kappa shape index (κ1) is 35.1. The Labute approximate surface area is 296 Å². The van der Waals surface area contributed by atoms with E-state index in [9.17, 15) is 4.79 Å². The molecule has 2 aromatic carbocycles. The summed E-state index contributed by atoms with van der Waals surface area (Å²) in [5, 5.41) is 16.2. The van der Waals surface area contributed by atoms with Crippen molar-refractivity contribution in [1.29, 1.82) is 0 Å². The summed E-state index contributed by atoms with van der Waals surface area (Å²) in [6.07, 6.45) is 5.61. The fraction of sp³-hybridized carbons (Fsp3) is 0.450. The van der Waals surface area contributed by atoms with E-state index in [0.717, 1.165) is 60.0 Å². The van der Waals surface area contributed by atoms with Crippen LogP contribution in [0.4, 0.5) is 11.6 Å². The molecule has 0 spiro atoms. The fourth-order valence-electron chi connectivity index (χ4n) is 6.66. The maximum absolute atomic E-state index is 13.4. The molecule has 0 bridgehead atoms. The normalized spacial score (nSPS) is 18.4. The second kappa shape index (κ2) is 14.6. The lowest BCUT2D eigenvalue weighted by Gasteiger charge is -2.35. The van der Waals surface area contributed by atoms with Crippen molar-refractivity contribution in [2.45, 2.75) is 97.2 Å². The first-order chi connectivity index (χ1) is 23.9. The lowest BCUT2D eigenvalue weighted by Crippen LogP contribution is -2.47. The minimum atomic E-state index is -0.140. The van der Waals surface area contributed by atoms with E-state index in [1.165, 1.54) is 18.4 Å². The lowest BCUT2D eigenvalue weighted by molar-refractivity contribution is -0.120. The van der Waals surface area contributed by atoms with Crippen molar-refractivity contribution in [2.24, 2.45) is 5.10 Å². The number of anilines is 2. The molecule has 1 aliphatic carbocycles. The van der Waals surface area contributed by atoms with Gasteiger partial charge in [0.2, 0.25) is 5.91 Å². The van der Waals surface area contributed by atoms with Gasteiger partial charge in [0.25, 0.3) is 0 Å². The number of nitrogens with one attached hydrogen (secondary N) is 3. The van der Waals surface area contributed by atoms with Crippen LogP contribution < -0.4 is 20.8 Å². The Morgan fingerprint density at radius 2 is 1.68 bits per heavy atom. The molecule has 1 saturated heterocycles. The lowest BCUT2D eigenvalue weighted by atomic mass is 9.85. The number of rotatable bonds is 11. The van der Waals surface area contributed by atoms with E-state index in [1.54, 1.807) is 6.20 Å². The van der Waals surface area contributed by atoms with Gasteiger partial charge in [-0.05, 0) is 102 Å². The van der Waals surface area contributed by atoms with Gasteiger partial charge in [0.1, 0.15) is 23.5 Å². The number of nitrogens with zero attached hydrogens (tertiary/aromatic N) is 5. The number of fused-ring (bicyclic) bond motifs is 1. The number of carbonyl (C=O) groups is 1. The molecule has 1 aliphatic heterocycles. The van der Waals surface area contributed by atoms with Gasteiger partial charge in [0.05, 0.1) is 41.4 Å². The Hall–Kier alpha value is -4.70. The quantitative estimate of drug-likeness (QED) is 0.110. The molecule has 6 rings (SSSR count). The number of carbonyl (C=O) groups excluding carboxylic acids is 1. The van der Waals surface area contributed by atoms with Crippen LogP contribution in [0.5, 0.6) is 5.75 Å². The summed E-state index contributed by atoms with van der Waals surface area (Å²) in [6.45, 7) is 17.4. The van der Waals surface area contributed by atoms with Crippen molar-refractivity contribution in [3.05, 3.63) is 95.3 Å². The molecule has 2 aromatic heterocycles. The first-order valence-corrected chi connectivity index (χ1v) is 17.9. The third-order valence-corrected chi connectivity index (χ3v) is 10.1. The molecule has 264 valence electrons. The average molecular weight is 677 g/mol. The van der Waals surface area contributed by atoms with Gasteiger partial charge in [-0.15, -0.1) is 0 Å². The van der Waals surface area contributed by atoms with E-state index in [1.807, 2.05) is 47.1 Å². The largest absolute Gasteiger partial charge is 0.484 e. The van der Waals surface area contributed by atoms with Gasteiger partial charge >= 0.3 is 0 Å². The van der Waals surface area contributed by atoms with E-state index in [-0.39, 0.29) is 35.6 Å². The Bertz CT molecular complexity index is 1800. The van der Waals surface area contributed by atoms with E-state index in [4.69, 9.17) is 9.84 Å². The molecule has 3 heterocycles. The summed E-state index contributed by atoms with van der Waals surface area (Å²) in [6, 6.07) is 22.2. The number of amides is 1. The summed E-state index contributed by atoms with van der Waals surface area (Å²) >= 11 is 0. The maximum Gasteiger partial charge on any atom is 0.239 e. The smallest absolute Gasteiger partial charge is 0.239 e. The van der Waals surface area contributed by atoms with Crippen molar-refractivity contribution < 1.29 is 9.53 Å². The summed E-state index contributed by atoms with van der Waals surface area (Å²) < 4.78 is 8.35. The van der Waals surface area contributed by atoms with Gasteiger partial charge in [-0.2, -0.15) is 10.2 Å². The standard InChI is InChI=1S/C40H52N8O2/c1-27-14-16-29(17-15-27)48-37(24-35(46-48)39(3,4)5)42-26-38(49)43-33-19-20-34(32-13-9-8-12-31(32)33)50-30-18-21-36(41-25-30)45-44-28(2)40(6,7)47-22-10-11-23-47/h8-9,12-18,21,24-25,33-34,42H,10-11,19-20,22-23,26H2,1-7H3,(H,41,45)(H,43,49)/b44-28+. The molecule has 2 aliphatic rings. The van der Waals surface area contributed by atoms with Crippen LogP contribution in [-0.2, 0) is 10.2 Å².